The van der Waals surface area contributed by atoms with E-state index in [2.05, 4.69) is 20.6 Å². The Morgan fingerprint density at radius 2 is 2.27 bits per heavy atom. The van der Waals surface area contributed by atoms with Crippen molar-refractivity contribution in [3.8, 4) is 0 Å². The highest BCUT2D eigenvalue weighted by Gasteiger charge is 2.19. The number of thiophene rings is 1. The monoisotopic (exact) mass is 319 g/mol. The molecule has 3 rings (SSSR count). The van der Waals surface area contributed by atoms with Gasteiger partial charge in [-0.15, -0.1) is 21.5 Å². The quantitative estimate of drug-likeness (QED) is 0.801. The maximum atomic E-state index is 13.2. The van der Waals surface area contributed by atoms with Crippen LogP contribution in [0.1, 0.15) is 28.3 Å². The van der Waals surface area contributed by atoms with Gasteiger partial charge >= 0.3 is 0 Å². The molecular weight excluding hydrogens is 305 g/mol. The number of fused-ring (bicyclic) bond motifs is 1. The summed E-state index contributed by atoms with van der Waals surface area (Å²) in [5.74, 6) is 0.137. The number of halogens is 1. The van der Waals surface area contributed by atoms with E-state index in [0.717, 1.165) is 10.1 Å². The third kappa shape index (κ3) is 2.82. The van der Waals surface area contributed by atoms with Crippen LogP contribution in [0.4, 0.5) is 4.39 Å². The molecule has 2 aromatic heterocycles. The number of tetrazole rings is 1. The number of nitrogens with one attached hydrogen (secondary N) is 1. The number of H-pyrrole nitrogens is 1. The molecule has 1 unspecified atom stereocenters. The van der Waals surface area contributed by atoms with Gasteiger partial charge in [0, 0.05) is 24.2 Å². The van der Waals surface area contributed by atoms with Crippen LogP contribution in [0.25, 0.3) is 10.1 Å². The van der Waals surface area contributed by atoms with Gasteiger partial charge in [-0.3, -0.25) is 4.79 Å². The average molecular weight is 319 g/mol. The number of hydrogen-bond donors (Lipinski definition) is 1. The highest BCUT2D eigenvalue weighted by atomic mass is 32.1. The number of hydrogen-bond acceptors (Lipinski definition) is 5. The van der Waals surface area contributed by atoms with Crippen LogP contribution in [-0.4, -0.2) is 45.0 Å². The Hall–Kier alpha value is -2.35. The second-order valence-electron chi connectivity index (χ2n) is 5.15. The fourth-order valence-corrected chi connectivity index (χ4v) is 3.30. The van der Waals surface area contributed by atoms with Gasteiger partial charge in [-0.2, -0.15) is 5.21 Å². The van der Waals surface area contributed by atoms with Crippen LogP contribution in [0.2, 0.25) is 0 Å². The Bertz CT molecular complexity index is 801. The Labute approximate surface area is 129 Å². The molecule has 1 amide bonds. The van der Waals surface area contributed by atoms with Gasteiger partial charge in [0.2, 0.25) is 0 Å². The topological polar surface area (TPSA) is 74.8 Å². The lowest BCUT2D eigenvalue weighted by atomic mass is 10.1. The molecule has 114 valence electrons. The van der Waals surface area contributed by atoms with Crippen LogP contribution in [0.3, 0.4) is 0 Å². The lowest BCUT2D eigenvalue weighted by molar-refractivity contribution is 0.0792. The minimum atomic E-state index is -0.302. The van der Waals surface area contributed by atoms with Crippen LogP contribution in [0.15, 0.2) is 24.3 Å². The Morgan fingerprint density at radius 3 is 3.00 bits per heavy atom. The second-order valence-corrected chi connectivity index (χ2v) is 6.23. The second kappa shape index (κ2) is 5.80. The van der Waals surface area contributed by atoms with Gasteiger partial charge in [-0.05, 0) is 29.7 Å². The summed E-state index contributed by atoms with van der Waals surface area (Å²) in [5, 5.41) is 14.5. The van der Waals surface area contributed by atoms with Crippen LogP contribution < -0.4 is 0 Å². The van der Waals surface area contributed by atoms with Gasteiger partial charge in [0.15, 0.2) is 5.82 Å². The first kappa shape index (κ1) is 14.6. The molecule has 0 aliphatic heterocycles. The van der Waals surface area contributed by atoms with Gasteiger partial charge in [-0.25, -0.2) is 4.39 Å². The number of aromatic nitrogens is 4. The van der Waals surface area contributed by atoms with Crippen molar-refractivity contribution in [2.24, 2.45) is 0 Å². The average Bonchev–Trinajstić information content (AvgIpc) is 3.14. The molecule has 0 saturated heterocycles. The number of benzene rings is 1. The normalized spacial score (nSPS) is 12.5. The van der Waals surface area contributed by atoms with Crippen LogP contribution >= 0.6 is 11.3 Å². The van der Waals surface area contributed by atoms with Crippen LogP contribution in [0, 0.1) is 5.82 Å². The van der Waals surface area contributed by atoms with Gasteiger partial charge in [0.25, 0.3) is 5.91 Å². The summed E-state index contributed by atoms with van der Waals surface area (Å²) < 4.78 is 14.1. The minimum absolute atomic E-state index is 0.0282. The predicted molar refractivity (Wildman–Crippen MR) is 81.3 cm³/mol. The lowest BCUT2D eigenvalue weighted by Gasteiger charge is -2.19. The summed E-state index contributed by atoms with van der Waals surface area (Å²) in [4.78, 5) is 14.7. The predicted octanol–water partition coefficient (Wildman–Crippen LogP) is 2.43. The summed E-state index contributed by atoms with van der Waals surface area (Å²) in [6.07, 6.45) is 0. The van der Waals surface area contributed by atoms with E-state index in [4.69, 9.17) is 0 Å². The molecule has 1 atom stereocenters. The smallest absolute Gasteiger partial charge is 0.263 e. The van der Waals surface area contributed by atoms with Crippen LogP contribution in [0.5, 0.6) is 0 Å². The molecule has 0 aliphatic rings. The highest BCUT2D eigenvalue weighted by Crippen LogP contribution is 2.27. The zero-order valence-electron chi connectivity index (χ0n) is 12.1. The van der Waals surface area contributed by atoms with E-state index >= 15 is 0 Å². The number of nitrogens with zero attached hydrogens (tertiary/aromatic N) is 4. The number of aromatic amines is 1. The van der Waals surface area contributed by atoms with Crippen molar-refractivity contribution in [3.63, 3.8) is 0 Å². The molecule has 0 radical (unpaired) electrons. The first-order valence-corrected chi connectivity index (χ1v) is 7.54. The van der Waals surface area contributed by atoms with E-state index in [1.807, 2.05) is 6.92 Å². The molecule has 0 saturated carbocycles. The number of carbonyl (C=O) groups is 1. The van der Waals surface area contributed by atoms with Gasteiger partial charge in [0.1, 0.15) is 5.82 Å². The number of amides is 1. The summed E-state index contributed by atoms with van der Waals surface area (Å²) in [6.45, 7) is 2.40. The molecule has 0 bridgehead atoms. The van der Waals surface area contributed by atoms with Crippen molar-refractivity contribution in [1.82, 2.24) is 25.5 Å². The van der Waals surface area contributed by atoms with E-state index in [0.29, 0.717) is 17.2 Å². The zero-order valence-corrected chi connectivity index (χ0v) is 12.9. The number of rotatable bonds is 4. The summed E-state index contributed by atoms with van der Waals surface area (Å²) in [5.41, 5.74) is 0. The van der Waals surface area contributed by atoms with Gasteiger partial charge < -0.3 is 4.90 Å². The van der Waals surface area contributed by atoms with Gasteiger partial charge in [0.05, 0.1) is 4.88 Å². The molecule has 6 nitrogen and oxygen atoms in total. The highest BCUT2D eigenvalue weighted by molar-refractivity contribution is 7.20. The first-order valence-electron chi connectivity index (χ1n) is 6.72. The van der Waals surface area contributed by atoms with Crippen molar-refractivity contribution in [2.75, 3.05) is 13.6 Å². The van der Waals surface area contributed by atoms with E-state index in [1.165, 1.54) is 23.5 Å². The largest absolute Gasteiger partial charge is 0.340 e. The third-order valence-corrected chi connectivity index (χ3v) is 4.49. The molecule has 8 heteroatoms. The molecule has 22 heavy (non-hydrogen) atoms. The first-order chi connectivity index (χ1) is 10.5. The van der Waals surface area contributed by atoms with E-state index in [-0.39, 0.29) is 17.6 Å². The fourth-order valence-electron chi connectivity index (χ4n) is 2.26. The molecule has 3 aromatic rings. The summed E-state index contributed by atoms with van der Waals surface area (Å²) in [6, 6.07) is 6.24. The Morgan fingerprint density at radius 1 is 1.45 bits per heavy atom. The van der Waals surface area contributed by atoms with Crippen molar-refractivity contribution >= 4 is 27.3 Å². The standard InChI is InChI=1S/C14H14FN5OS/c1-8(13-16-18-19-17-13)7-20(2)14(21)12-6-9-5-10(15)3-4-11(9)22-12/h3-6,8H,7H2,1-2H3,(H,16,17,18,19). The molecule has 0 aliphatic carbocycles. The number of likely N-dealkylation sites (N-methyl/N-ethyl adjacent to an activating group) is 1. The Kier molecular flexibility index (Phi) is 3.84. The number of carbonyl (C=O) groups excluding carboxylic acids is 1. The molecular formula is C14H14FN5OS. The van der Waals surface area contributed by atoms with Gasteiger partial charge in [-0.1, -0.05) is 12.1 Å². The summed E-state index contributed by atoms with van der Waals surface area (Å²) >= 11 is 1.36. The van der Waals surface area contributed by atoms with E-state index < -0.39 is 0 Å². The fraction of sp³-hybridized carbons (Fsp3) is 0.286. The van der Waals surface area contributed by atoms with E-state index in [1.54, 1.807) is 24.1 Å². The molecule has 1 N–H and O–H groups in total. The maximum absolute atomic E-state index is 13.2. The molecule has 0 spiro atoms. The molecule has 0 fully saturated rings. The molecule has 2 heterocycles. The van der Waals surface area contributed by atoms with Crippen LogP contribution in [-0.2, 0) is 0 Å². The SMILES string of the molecule is CC(CN(C)C(=O)c1cc2cc(F)ccc2s1)c1nn[nH]n1. The van der Waals surface area contributed by atoms with E-state index in [9.17, 15) is 9.18 Å². The lowest BCUT2D eigenvalue weighted by Crippen LogP contribution is -2.30. The Balaban J connectivity index is 1.76. The maximum Gasteiger partial charge on any atom is 0.263 e. The van der Waals surface area contributed by atoms with Crippen molar-refractivity contribution in [2.45, 2.75) is 12.8 Å². The zero-order chi connectivity index (χ0) is 15.7. The van der Waals surface area contributed by atoms with Crippen molar-refractivity contribution < 1.29 is 9.18 Å². The van der Waals surface area contributed by atoms with Crippen molar-refractivity contribution in [3.05, 3.63) is 40.8 Å². The summed E-state index contributed by atoms with van der Waals surface area (Å²) in [7, 11) is 1.73. The minimum Gasteiger partial charge on any atom is -0.340 e. The van der Waals surface area contributed by atoms with Crippen molar-refractivity contribution in [1.29, 1.82) is 0 Å². The molecule has 1 aromatic carbocycles. The third-order valence-electron chi connectivity index (χ3n) is 3.39.